The second kappa shape index (κ2) is 3.69. The zero-order valence-corrected chi connectivity index (χ0v) is 9.58. The smallest absolute Gasteiger partial charge is 0.152 e. The Balaban J connectivity index is 2.51. The highest BCUT2D eigenvalue weighted by Gasteiger charge is 2.23. The van der Waals surface area contributed by atoms with Crippen LogP contribution in [0.15, 0.2) is 29.0 Å². The van der Waals surface area contributed by atoms with E-state index in [4.69, 9.17) is 4.42 Å². The van der Waals surface area contributed by atoms with Crippen molar-refractivity contribution in [1.82, 2.24) is 4.98 Å². The highest BCUT2D eigenvalue weighted by molar-refractivity contribution is 5.72. The molecule has 0 aromatic carbocycles. The first-order valence-electron chi connectivity index (χ1n) is 5.53. The molecular formula is C13H17NO. The van der Waals surface area contributed by atoms with Gasteiger partial charge in [-0.3, -0.25) is 4.98 Å². The molecule has 0 aliphatic carbocycles. The van der Waals surface area contributed by atoms with Crippen molar-refractivity contribution in [2.45, 2.75) is 39.0 Å². The van der Waals surface area contributed by atoms with Crippen LogP contribution in [0.25, 0.3) is 11.1 Å². The molecule has 0 saturated heterocycles. The van der Waals surface area contributed by atoms with Gasteiger partial charge in [-0.1, -0.05) is 20.8 Å². The maximum Gasteiger partial charge on any atom is 0.152 e. The van der Waals surface area contributed by atoms with Crippen LogP contribution in [0.2, 0.25) is 0 Å². The predicted molar refractivity (Wildman–Crippen MR) is 61.9 cm³/mol. The molecule has 0 amide bonds. The number of pyridine rings is 1. The van der Waals surface area contributed by atoms with Gasteiger partial charge in [0.2, 0.25) is 0 Å². The van der Waals surface area contributed by atoms with Crippen molar-refractivity contribution >= 4 is 11.1 Å². The summed E-state index contributed by atoms with van der Waals surface area (Å²) < 4.78 is 5.38. The number of fused-ring (bicyclic) bond motifs is 1. The van der Waals surface area contributed by atoms with Gasteiger partial charge >= 0.3 is 0 Å². The van der Waals surface area contributed by atoms with Crippen molar-refractivity contribution in [1.29, 1.82) is 0 Å². The summed E-state index contributed by atoms with van der Waals surface area (Å²) in [5.41, 5.74) is 3.32. The lowest BCUT2D eigenvalue weighted by Crippen LogP contribution is -2.19. The van der Waals surface area contributed by atoms with E-state index in [-0.39, 0.29) is 5.41 Å². The molecular weight excluding hydrogens is 186 g/mol. The number of rotatable bonds is 3. The minimum Gasteiger partial charge on any atom is -0.463 e. The van der Waals surface area contributed by atoms with Crippen molar-refractivity contribution in [3.63, 3.8) is 0 Å². The van der Waals surface area contributed by atoms with E-state index in [9.17, 15) is 0 Å². The van der Waals surface area contributed by atoms with Crippen LogP contribution in [0.1, 0.15) is 39.2 Å². The molecule has 0 bridgehead atoms. The van der Waals surface area contributed by atoms with Gasteiger partial charge < -0.3 is 4.42 Å². The Labute approximate surface area is 90.3 Å². The number of aromatic nitrogens is 1. The molecule has 0 spiro atoms. The third-order valence-electron chi connectivity index (χ3n) is 3.56. The topological polar surface area (TPSA) is 26.0 Å². The number of nitrogens with zero attached hydrogens (tertiary/aromatic N) is 1. The Morgan fingerprint density at radius 3 is 2.73 bits per heavy atom. The number of hydrogen-bond donors (Lipinski definition) is 0. The lowest BCUT2D eigenvalue weighted by atomic mass is 9.78. The quantitative estimate of drug-likeness (QED) is 0.756. The average Bonchev–Trinajstić information content (AvgIpc) is 2.74. The fraction of sp³-hybridized carbons (Fsp3) is 0.462. The van der Waals surface area contributed by atoms with Crippen LogP contribution < -0.4 is 0 Å². The van der Waals surface area contributed by atoms with Crippen molar-refractivity contribution in [3.05, 3.63) is 30.2 Å². The molecule has 2 nitrogen and oxygen atoms in total. The maximum atomic E-state index is 5.38. The first-order valence-corrected chi connectivity index (χ1v) is 5.53. The maximum absolute atomic E-state index is 5.38. The van der Waals surface area contributed by atoms with Crippen molar-refractivity contribution in [2.24, 2.45) is 0 Å². The van der Waals surface area contributed by atoms with E-state index in [1.165, 1.54) is 5.56 Å². The molecule has 2 rings (SSSR count). The summed E-state index contributed by atoms with van der Waals surface area (Å²) in [6.45, 7) is 6.71. The molecule has 0 unspecified atom stereocenters. The SMILES string of the molecule is CCC(C)(CC)c1cnc2ccoc2c1. The van der Waals surface area contributed by atoms with Gasteiger partial charge in [0.25, 0.3) is 0 Å². The summed E-state index contributed by atoms with van der Waals surface area (Å²) in [6.07, 6.45) is 5.91. The molecule has 2 aromatic heterocycles. The summed E-state index contributed by atoms with van der Waals surface area (Å²) in [4.78, 5) is 4.41. The molecule has 0 atom stereocenters. The van der Waals surface area contributed by atoms with E-state index >= 15 is 0 Å². The summed E-state index contributed by atoms with van der Waals surface area (Å²) in [6, 6.07) is 4.02. The van der Waals surface area contributed by atoms with Crippen LogP contribution in [0.4, 0.5) is 0 Å². The first kappa shape index (κ1) is 10.2. The number of furan rings is 1. The van der Waals surface area contributed by atoms with E-state index in [0.717, 1.165) is 23.9 Å². The standard InChI is InChI=1S/C13H17NO/c1-4-13(3,5-2)10-8-12-11(14-9-10)6-7-15-12/h6-9H,4-5H2,1-3H3. The minimum absolute atomic E-state index is 0.216. The van der Waals surface area contributed by atoms with Crippen LogP contribution in [0.5, 0.6) is 0 Å². The Hall–Kier alpha value is -1.31. The van der Waals surface area contributed by atoms with Gasteiger partial charge in [-0.15, -0.1) is 0 Å². The predicted octanol–water partition coefficient (Wildman–Crippen LogP) is 3.91. The van der Waals surface area contributed by atoms with E-state index in [1.54, 1.807) is 6.26 Å². The lowest BCUT2D eigenvalue weighted by molar-refractivity contribution is 0.437. The van der Waals surface area contributed by atoms with Gasteiger partial charge in [-0.25, -0.2) is 0 Å². The Kier molecular flexibility index (Phi) is 2.51. The van der Waals surface area contributed by atoms with Crippen molar-refractivity contribution in [3.8, 4) is 0 Å². The molecule has 2 heterocycles. The highest BCUT2D eigenvalue weighted by Crippen LogP contribution is 2.31. The Morgan fingerprint density at radius 2 is 2.07 bits per heavy atom. The van der Waals surface area contributed by atoms with E-state index in [0.29, 0.717) is 0 Å². The second-order valence-corrected chi connectivity index (χ2v) is 4.30. The molecule has 15 heavy (non-hydrogen) atoms. The normalized spacial score (nSPS) is 12.2. The van der Waals surface area contributed by atoms with Crippen LogP contribution in [0, 0.1) is 0 Å². The highest BCUT2D eigenvalue weighted by atomic mass is 16.3. The van der Waals surface area contributed by atoms with Crippen LogP contribution in [-0.4, -0.2) is 4.98 Å². The van der Waals surface area contributed by atoms with Gasteiger partial charge in [0, 0.05) is 12.3 Å². The molecule has 0 radical (unpaired) electrons. The van der Waals surface area contributed by atoms with Gasteiger partial charge in [0.05, 0.1) is 6.26 Å². The zero-order chi connectivity index (χ0) is 10.9. The Bertz CT molecular complexity index is 454. The van der Waals surface area contributed by atoms with Gasteiger partial charge in [-0.2, -0.15) is 0 Å². The lowest BCUT2D eigenvalue weighted by Gasteiger charge is -2.26. The number of hydrogen-bond acceptors (Lipinski definition) is 2. The molecule has 2 heteroatoms. The van der Waals surface area contributed by atoms with E-state index < -0.39 is 0 Å². The van der Waals surface area contributed by atoms with E-state index in [1.807, 2.05) is 12.3 Å². The van der Waals surface area contributed by atoms with Crippen molar-refractivity contribution in [2.75, 3.05) is 0 Å². The molecule has 0 aliphatic heterocycles. The molecule has 0 aliphatic rings. The zero-order valence-electron chi connectivity index (χ0n) is 9.58. The van der Waals surface area contributed by atoms with Crippen molar-refractivity contribution < 1.29 is 4.42 Å². The fourth-order valence-electron chi connectivity index (χ4n) is 1.83. The molecule has 0 saturated carbocycles. The second-order valence-electron chi connectivity index (χ2n) is 4.30. The molecule has 80 valence electrons. The van der Waals surface area contributed by atoms with Gasteiger partial charge in [0.1, 0.15) is 5.52 Å². The monoisotopic (exact) mass is 203 g/mol. The minimum atomic E-state index is 0.216. The molecule has 0 fully saturated rings. The summed E-state index contributed by atoms with van der Waals surface area (Å²) in [5.74, 6) is 0. The largest absolute Gasteiger partial charge is 0.463 e. The van der Waals surface area contributed by atoms with Crippen LogP contribution in [-0.2, 0) is 5.41 Å². The summed E-state index contributed by atoms with van der Waals surface area (Å²) >= 11 is 0. The summed E-state index contributed by atoms with van der Waals surface area (Å²) in [7, 11) is 0. The average molecular weight is 203 g/mol. The van der Waals surface area contributed by atoms with Crippen LogP contribution in [0.3, 0.4) is 0 Å². The summed E-state index contributed by atoms with van der Waals surface area (Å²) in [5, 5.41) is 0. The molecule has 0 N–H and O–H groups in total. The third-order valence-corrected chi connectivity index (χ3v) is 3.56. The third kappa shape index (κ3) is 1.65. The van der Waals surface area contributed by atoms with Gasteiger partial charge in [0.15, 0.2) is 5.58 Å². The molecule has 2 aromatic rings. The van der Waals surface area contributed by atoms with Crippen LogP contribution >= 0.6 is 0 Å². The fourth-order valence-corrected chi connectivity index (χ4v) is 1.83. The Morgan fingerprint density at radius 1 is 1.33 bits per heavy atom. The van der Waals surface area contributed by atoms with E-state index in [2.05, 4.69) is 31.8 Å². The van der Waals surface area contributed by atoms with Gasteiger partial charge in [-0.05, 0) is 29.9 Å². The first-order chi connectivity index (χ1) is 7.19.